The van der Waals surface area contributed by atoms with Gasteiger partial charge in [0.2, 0.25) is 0 Å². The number of rotatable bonds is 2. The van der Waals surface area contributed by atoms with Crippen LogP contribution in [0, 0.1) is 11.6 Å². The van der Waals surface area contributed by atoms with E-state index >= 15 is 0 Å². The number of carbonyl (C=O) groups excluding carboxylic acids is 1. The van der Waals surface area contributed by atoms with Crippen molar-refractivity contribution in [2.75, 3.05) is 7.11 Å². The molecule has 2 aromatic rings. The third-order valence-electron chi connectivity index (χ3n) is 2.37. The zero-order chi connectivity index (χ0) is 11.7. The molecule has 1 aromatic carbocycles. The first-order chi connectivity index (χ1) is 7.61. The Balaban J connectivity index is 2.48. The standard InChI is InChI=1S/C11H9F2NO2/c1-16-11(15)2-6-5-14-10-4-9(13)8(12)3-7(6)10/h3-5,14H,2H2,1H3. The van der Waals surface area contributed by atoms with Crippen molar-refractivity contribution < 1.29 is 18.3 Å². The van der Waals surface area contributed by atoms with Gasteiger partial charge in [0, 0.05) is 23.2 Å². The number of nitrogens with one attached hydrogen (secondary N) is 1. The van der Waals surface area contributed by atoms with Crippen LogP contribution in [0.25, 0.3) is 10.9 Å². The van der Waals surface area contributed by atoms with E-state index in [9.17, 15) is 13.6 Å². The lowest BCUT2D eigenvalue weighted by atomic mass is 10.1. The van der Waals surface area contributed by atoms with Crippen LogP contribution >= 0.6 is 0 Å². The monoisotopic (exact) mass is 225 g/mol. The Morgan fingerprint density at radius 1 is 1.38 bits per heavy atom. The molecule has 0 amide bonds. The first-order valence-electron chi connectivity index (χ1n) is 4.63. The second kappa shape index (κ2) is 3.92. The number of hydrogen-bond acceptors (Lipinski definition) is 2. The average Bonchev–Trinajstić information content (AvgIpc) is 2.62. The molecule has 0 unspecified atom stereocenters. The van der Waals surface area contributed by atoms with Gasteiger partial charge in [-0.3, -0.25) is 4.79 Å². The van der Waals surface area contributed by atoms with Crippen molar-refractivity contribution in [3.63, 3.8) is 0 Å². The third-order valence-corrected chi connectivity index (χ3v) is 2.37. The van der Waals surface area contributed by atoms with E-state index in [1.165, 1.54) is 7.11 Å². The van der Waals surface area contributed by atoms with Crippen LogP contribution in [0.4, 0.5) is 8.78 Å². The number of halogens is 2. The number of esters is 1. The van der Waals surface area contributed by atoms with Crippen LogP contribution in [0.1, 0.15) is 5.56 Å². The Morgan fingerprint density at radius 2 is 2.06 bits per heavy atom. The maximum atomic E-state index is 13.0. The summed E-state index contributed by atoms with van der Waals surface area (Å²) in [4.78, 5) is 13.8. The molecular weight excluding hydrogens is 216 g/mol. The van der Waals surface area contributed by atoms with Crippen molar-refractivity contribution in [1.82, 2.24) is 4.98 Å². The Labute approximate surface area is 90.0 Å². The molecule has 1 aromatic heterocycles. The lowest BCUT2D eigenvalue weighted by molar-refractivity contribution is -0.139. The zero-order valence-electron chi connectivity index (χ0n) is 8.51. The number of fused-ring (bicyclic) bond motifs is 1. The second-order valence-corrected chi connectivity index (χ2v) is 3.38. The van der Waals surface area contributed by atoms with E-state index < -0.39 is 17.6 Å². The number of benzene rings is 1. The van der Waals surface area contributed by atoms with Gasteiger partial charge in [-0.25, -0.2) is 8.78 Å². The summed E-state index contributed by atoms with van der Waals surface area (Å²) >= 11 is 0. The van der Waals surface area contributed by atoms with Crippen LogP contribution < -0.4 is 0 Å². The molecule has 0 saturated carbocycles. The lowest BCUT2D eigenvalue weighted by Gasteiger charge is -1.98. The Morgan fingerprint density at radius 3 is 2.75 bits per heavy atom. The van der Waals surface area contributed by atoms with Crippen LogP contribution in [-0.2, 0) is 16.0 Å². The summed E-state index contributed by atoms with van der Waals surface area (Å²) in [7, 11) is 1.28. The normalized spacial score (nSPS) is 10.7. The van der Waals surface area contributed by atoms with Gasteiger partial charge >= 0.3 is 5.97 Å². The molecule has 0 aliphatic heterocycles. The predicted molar refractivity (Wildman–Crippen MR) is 53.9 cm³/mol. The van der Waals surface area contributed by atoms with Gasteiger partial charge in [-0.1, -0.05) is 0 Å². The molecule has 0 aliphatic rings. The van der Waals surface area contributed by atoms with Crippen LogP contribution in [0.2, 0.25) is 0 Å². The molecule has 5 heteroatoms. The van der Waals surface area contributed by atoms with Crippen molar-refractivity contribution in [1.29, 1.82) is 0 Å². The highest BCUT2D eigenvalue weighted by Gasteiger charge is 2.12. The number of carbonyl (C=O) groups is 1. The maximum Gasteiger partial charge on any atom is 0.310 e. The van der Waals surface area contributed by atoms with Gasteiger partial charge in [0.1, 0.15) is 0 Å². The van der Waals surface area contributed by atoms with E-state index in [2.05, 4.69) is 9.72 Å². The first-order valence-corrected chi connectivity index (χ1v) is 4.63. The fourth-order valence-corrected chi connectivity index (χ4v) is 1.55. The molecule has 16 heavy (non-hydrogen) atoms. The van der Waals surface area contributed by atoms with Gasteiger partial charge < -0.3 is 9.72 Å². The number of methoxy groups -OCH3 is 1. The van der Waals surface area contributed by atoms with Crippen LogP contribution in [0.5, 0.6) is 0 Å². The highest BCUT2D eigenvalue weighted by molar-refractivity contribution is 5.87. The lowest BCUT2D eigenvalue weighted by Crippen LogP contribution is -2.03. The first kappa shape index (κ1) is 10.6. The van der Waals surface area contributed by atoms with E-state index in [1.54, 1.807) is 6.20 Å². The number of ether oxygens (including phenoxy) is 1. The molecule has 0 fully saturated rings. The summed E-state index contributed by atoms with van der Waals surface area (Å²) < 4.78 is 30.4. The molecular formula is C11H9F2NO2. The quantitative estimate of drug-likeness (QED) is 0.796. The number of aromatic amines is 1. The van der Waals surface area contributed by atoms with Crippen LogP contribution in [-0.4, -0.2) is 18.1 Å². The Hall–Kier alpha value is -1.91. The molecule has 84 valence electrons. The molecule has 0 bridgehead atoms. The van der Waals surface area contributed by atoms with Crippen molar-refractivity contribution >= 4 is 16.9 Å². The highest BCUT2D eigenvalue weighted by atomic mass is 19.2. The summed E-state index contributed by atoms with van der Waals surface area (Å²) in [5.74, 6) is -2.28. The molecule has 0 spiro atoms. The summed E-state index contributed by atoms with van der Waals surface area (Å²) in [6.45, 7) is 0. The second-order valence-electron chi connectivity index (χ2n) is 3.38. The van der Waals surface area contributed by atoms with Gasteiger partial charge in [0.05, 0.1) is 13.5 Å². The highest BCUT2D eigenvalue weighted by Crippen LogP contribution is 2.22. The molecule has 0 saturated heterocycles. The van der Waals surface area contributed by atoms with Gasteiger partial charge in [-0.2, -0.15) is 0 Å². The molecule has 2 rings (SSSR count). The van der Waals surface area contributed by atoms with Gasteiger partial charge in [0.15, 0.2) is 11.6 Å². The van der Waals surface area contributed by atoms with Crippen molar-refractivity contribution in [2.45, 2.75) is 6.42 Å². The fourth-order valence-electron chi connectivity index (χ4n) is 1.55. The maximum absolute atomic E-state index is 13.0. The van der Waals surface area contributed by atoms with E-state index in [4.69, 9.17) is 0 Å². The van der Waals surface area contributed by atoms with E-state index in [1.807, 2.05) is 0 Å². The average molecular weight is 225 g/mol. The number of hydrogen-bond donors (Lipinski definition) is 1. The summed E-state index contributed by atoms with van der Waals surface area (Å²) in [6, 6.07) is 2.13. The van der Waals surface area contributed by atoms with E-state index in [-0.39, 0.29) is 6.42 Å². The van der Waals surface area contributed by atoms with Gasteiger partial charge in [0.25, 0.3) is 0 Å². The molecule has 0 aliphatic carbocycles. The summed E-state index contributed by atoms with van der Waals surface area (Å²) in [5, 5.41) is 0.490. The minimum absolute atomic E-state index is 0.0293. The number of aromatic nitrogens is 1. The smallest absolute Gasteiger partial charge is 0.310 e. The third kappa shape index (κ3) is 1.76. The van der Waals surface area contributed by atoms with Gasteiger partial charge in [-0.15, -0.1) is 0 Å². The van der Waals surface area contributed by atoms with Crippen LogP contribution in [0.3, 0.4) is 0 Å². The van der Waals surface area contributed by atoms with Crippen molar-refractivity contribution in [2.24, 2.45) is 0 Å². The largest absolute Gasteiger partial charge is 0.469 e. The summed E-state index contributed by atoms with van der Waals surface area (Å²) in [5.41, 5.74) is 1.04. The van der Waals surface area contributed by atoms with Gasteiger partial charge in [-0.05, 0) is 11.6 Å². The fraction of sp³-hybridized carbons (Fsp3) is 0.182. The van der Waals surface area contributed by atoms with E-state index in [0.717, 1.165) is 12.1 Å². The molecule has 0 radical (unpaired) electrons. The molecule has 3 nitrogen and oxygen atoms in total. The topological polar surface area (TPSA) is 42.1 Å². The molecule has 1 heterocycles. The minimum atomic E-state index is -0.932. The van der Waals surface area contributed by atoms with Crippen molar-refractivity contribution in [3.05, 3.63) is 35.5 Å². The molecule has 0 atom stereocenters. The summed E-state index contributed by atoms with van der Waals surface area (Å²) in [6.07, 6.45) is 1.57. The SMILES string of the molecule is COC(=O)Cc1c[nH]c2cc(F)c(F)cc12. The molecule has 1 N–H and O–H groups in total. The Kier molecular flexibility index (Phi) is 2.60. The van der Waals surface area contributed by atoms with Crippen LogP contribution in [0.15, 0.2) is 18.3 Å². The predicted octanol–water partition coefficient (Wildman–Crippen LogP) is 2.16. The zero-order valence-corrected chi connectivity index (χ0v) is 8.51. The van der Waals surface area contributed by atoms with E-state index in [0.29, 0.717) is 16.5 Å². The van der Waals surface area contributed by atoms with Crippen molar-refractivity contribution in [3.8, 4) is 0 Å². The number of H-pyrrole nitrogens is 1. The minimum Gasteiger partial charge on any atom is -0.469 e. The Bertz CT molecular complexity index is 548.